The summed E-state index contributed by atoms with van der Waals surface area (Å²) >= 11 is 0. The molecule has 0 atom stereocenters. The number of para-hydroxylation sites is 1. The van der Waals surface area contributed by atoms with Gasteiger partial charge in [-0.3, -0.25) is 14.9 Å². The van der Waals surface area contributed by atoms with E-state index in [0.29, 0.717) is 39.1 Å². The fraction of sp³-hybridized carbons (Fsp3) is 0.0435. The molecule has 0 saturated heterocycles. The Labute approximate surface area is 167 Å². The summed E-state index contributed by atoms with van der Waals surface area (Å²) in [5.74, 6) is -0.271. The van der Waals surface area contributed by atoms with Gasteiger partial charge in [0.1, 0.15) is 0 Å². The summed E-state index contributed by atoms with van der Waals surface area (Å²) < 4.78 is 0. The second-order valence-electron chi connectivity index (χ2n) is 6.60. The smallest absolute Gasteiger partial charge is 0.277 e. The van der Waals surface area contributed by atoms with Crippen LogP contribution in [0.4, 0.5) is 11.4 Å². The molecule has 29 heavy (non-hydrogen) atoms. The maximum atomic E-state index is 13.2. The largest absolute Gasteiger partial charge is 0.311 e. The van der Waals surface area contributed by atoms with Gasteiger partial charge in [-0.2, -0.15) is 5.26 Å². The number of carbonyl (C=O) groups is 1. The molecular formula is C23H15N3O3. The molecule has 1 aliphatic rings. The third kappa shape index (κ3) is 2.95. The fourth-order valence-electron chi connectivity index (χ4n) is 3.62. The van der Waals surface area contributed by atoms with Crippen molar-refractivity contribution in [1.82, 2.24) is 0 Å². The molecular weight excluding hydrogens is 366 g/mol. The first kappa shape index (κ1) is 18.1. The molecule has 3 aromatic carbocycles. The predicted molar refractivity (Wildman–Crippen MR) is 110 cm³/mol. The van der Waals surface area contributed by atoms with Crippen molar-refractivity contribution in [3.63, 3.8) is 0 Å². The lowest BCUT2D eigenvalue weighted by Gasteiger charge is -2.13. The van der Waals surface area contributed by atoms with Gasteiger partial charge in [0.25, 0.3) is 11.6 Å². The standard InChI is InChI=1S/C23H15N3O3/c1-25-19-12-11-15(14-24)13-18(19)22(23(25)27)21(16-7-3-2-4-8-16)17-9-5-6-10-20(17)26(28)29/h2-13H,1H3/b22-21-. The van der Waals surface area contributed by atoms with Crippen LogP contribution in [-0.2, 0) is 4.79 Å². The first-order valence-electron chi connectivity index (χ1n) is 8.89. The van der Waals surface area contributed by atoms with Crippen molar-refractivity contribution in [1.29, 1.82) is 5.26 Å². The first-order chi connectivity index (χ1) is 14.0. The third-order valence-electron chi connectivity index (χ3n) is 4.96. The Kier molecular flexibility index (Phi) is 4.41. The molecule has 6 heteroatoms. The van der Waals surface area contributed by atoms with Crippen molar-refractivity contribution in [2.45, 2.75) is 0 Å². The number of likely N-dealkylation sites (N-methyl/N-ethyl adjacent to an activating group) is 1. The Morgan fingerprint density at radius 2 is 1.72 bits per heavy atom. The molecule has 0 N–H and O–H groups in total. The number of carbonyl (C=O) groups excluding carboxylic acids is 1. The molecule has 0 fully saturated rings. The Morgan fingerprint density at radius 1 is 1.03 bits per heavy atom. The van der Waals surface area contributed by atoms with Crippen LogP contribution in [0.5, 0.6) is 0 Å². The molecule has 0 bridgehead atoms. The van der Waals surface area contributed by atoms with Crippen LogP contribution < -0.4 is 4.90 Å². The van der Waals surface area contributed by atoms with Gasteiger partial charge < -0.3 is 4.90 Å². The van der Waals surface area contributed by atoms with Crippen LogP contribution in [0.25, 0.3) is 11.1 Å². The number of hydrogen-bond acceptors (Lipinski definition) is 4. The van der Waals surface area contributed by atoms with Crippen LogP contribution in [0.15, 0.2) is 72.8 Å². The van der Waals surface area contributed by atoms with E-state index in [-0.39, 0.29) is 11.6 Å². The van der Waals surface area contributed by atoms with Crippen LogP contribution in [0.2, 0.25) is 0 Å². The second kappa shape index (κ2) is 7.06. The van der Waals surface area contributed by atoms with Crippen LogP contribution in [0.3, 0.4) is 0 Å². The van der Waals surface area contributed by atoms with E-state index >= 15 is 0 Å². The van der Waals surface area contributed by atoms with Gasteiger partial charge in [0.15, 0.2) is 0 Å². The zero-order valence-electron chi connectivity index (χ0n) is 15.5. The minimum Gasteiger partial charge on any atom is -0.311 e. The average molecular weight is 381 g/mol. The summed E-state index contributed by atoms with van der Waals surface area (Å²) in [6.07, 6.45) is 0. The fourth-order valence-corrected chi connectivity index (χ4v) is 3.62. The van der Waals surface area contributed by atoms with Gasteiger partial charge in [-0.15, -0.1) is 0 Å². The highest BCUT2D eigenvalue weighted by Gasteiger charge is 2.35. The maximum Gasteiger partial charge on any atom is 0.277 e. The van der Waals surface area contributed by atoms with Crippen molar-refractivity contribution >= 4 is 28.4 Å². The highest BCUT2D eigenvalue weighted by atomic mass is 16.6. The topological polar surface area (TPSA) is 87.2 Å². The second-order valence-corrected chi connectivity index (χ2v) is 6.60. The van der Waals surface area contributed by atoms with E-state index in [1.807, 2.05) is 30.3 Å². The number of benzene rings is 3. The van der Waals surface area contributed by atoms with E-state index in [1.165, 1.54) is 11.0 Å². The van der Waals surface area contributed by atoms with Crippen molar-refractivity contribution < 1.29 is 9.72 Å². The molecule has 1 heterocycles. The summed E-state index contributed by atoms with van der Waals surface area (Å²) in [5.41, 5.74) is 3.45. The van der Waals surface area contributed by atoms with Crippen molar-refractivity contribution in [2.75, 3.05) is 11.9 Å². The number of rotatable bonds is 3. The molecule has 4 rings (SSSR count). The molecule has 0 aliphatic carbocycles. The number of nitro benzene ring substituents is 1. The van der Waals surface area contributed by atoms with Crippen LogP contribution in [-0.4, -0.2) is 17.9 Å². The van der Waals surface area contributed by atoms with Crippen LogP contribution >= 0.6 is 0 Å². The Morgan fingerprint density at radius 3 is 2.41 bits per heavy atom. The molecule has 1 aliphatic heterocycles. The Hall–Kier alpha value is -4.24. The Bertz CT molecular complexity index is 1220. The lowest BCUT2D eigenvalue weighted by Crippen LogP contribution is -2.21. The average Bonchev–Trinajstić information content (AvgIpc) is 2.99. The van der Waals surface area contributed by atoms with Gasteiger partial charge in [-0.1, -0.05) is 42.5 Å². The zero-order chi connectivity index (χ0) is 20.5. The quantitative estimate of drug-likeness (QED) is 0.382. The molecule has 0 radical (unpaired) electrons. The number of nitrogens with zero attached hydrogens (tertiary/aromatic N) is 3. The minimum atomic E-state index is -0.450. The third-order valence-corrected chi connectivity index (χ3v) is 4.96. The maximum absolute atomic E-state index is 13.2. The van der Waals surface area contributed by atoms with Gasteiger partial charge in [0.2, 0.25) is 0 Å². The highest BCUT2D eigenvalue weighted by Crippen LogP contribution is 2.44. The van der Waals surface area contributed by atoms with Gasteiger partial charge in [-0.05, 0) is 29.8 Å². The van der Waals surface area contributed by atoms with E-state index < -0.39 is 4.92 Å². The summed E-state index contributed by atoms with van der Waals surface area (Å²) in [4.78, 5) is 26.0. The van der Waals surface area contributed by atoms with E-state index in [1.54, 1.807) is 43.4 Å². The number of anilines is 1. The number of nitro groups is 1. The van der Waals surface area contributed by atoms with Gasteiger partial charge in [0, 0.05) is 24.3 Å². The Balaban J connectivity index is 2.14. The van der Waals surface area contributed by atoms with E-state index in [9.17, 15) is 20.2 Å². The normalized spacial score (nSPS) is 14.3. The number of amides is 1. The van der Waals surface area contributed by atoms with Crippen LogP contribution in [0, 0.1) is 21.4 Å². The molecule has 0 spiro atoms. The van der Waals surface area contributed by atoms with Gasteiger partial charge in [-0.25, -0.2) is 0 Å². The van der Waals surface area contributed by atoms with Crippen molar-refractivity contribution in [3.05, 3.63) is 105 Å². The monoisotopic (exact) mass is 381 g/mol. The molecule has 0 saturated carbocycles. The zero-order valence-corrected chi connectivity index (χ0v) is 15.5. The molecule has 140 valence electrons. The predicted octanol–water partition coefficient (Wildman–Crippen LogP) is 4.40. The molecule has 6 nitrogen and oxygen atoms in total. The van der Waals surface area contributed by atoms with Crippen molar-refractivity contribution in [3.8, 4) is 6.07 Å². The van der Waals surface area contributed by atoms with Crippen molar-refractivity contribution in [2.24, 2.45) is 0 Å². The van der Waals surface area contributed by atoms with E-state index in [0.717, 1.165) is 0 Å². The molecule has 0 unspecified atom stereocenters. The lowest BCUT2D eigenvalue weighted by molar-refractivity contribution is -0.385. The van der Waals surface area contributed by atoms with Gasteiger partial charge in [0.05, 0.1) is 33.4 Å². The van der Waals surface area contributed by atoms with E-state index in [2.05, 4.69) is 6.07 Å². The van der Waals surface area contributed by atoms with Crippen LogP contribution in [0.1, 0.15) is 22.3 Å². The summed E-state index contributed by atoms with van der Waals surface area (Å²) in [7, 11) is 1.65. The summed E-state index contributed by atoms with van der Waals surface area (Å²) in [5, 5.41) is 21.0. The minimum absolute atomic E-state index is 0.0841. The van der Waals surface area contributed by atoms with Gasteiger partial charge >= 0.3 is 0 Å². The molecule has 1 amide bonds. The number of nitriles is 1. The SMILES string of the molecule is CN1C(=O)/C(=C(/c2ccccc2)c2ccccc2[N+](=O)[O-])c2cc(C#N)ccc21. The highest BCUT2D eigenvalue weighted by molar-refractivity contribution is 6.39. The lowest BCUT2D eigenvalue weighted by atomic mass is 9.89. The molecule has 0 aromatic heterocycles. The summed E-state index contributed by atoms with van der Waals surface area (Å²) in [6, 6.07) is 22.6. The molecule has 3 aromatic rings. The summed E-state index contributed by atoms with van der Waals surface area (Å²) in [6.45, 7) is 0. The van der Waals surface area contributed by atoms with E-state index in [4.69, 9.17) is 0 Å². The first-order valence-corrected chi connectivity index (χ1v) is 8.89. The number of fused-ring (bicyclic) bond motifs is 1. The number of hydrogen-bond donors (Lipinski definition) is 0.